The molecule has 1 unspecified atom stereocenters. The molecule has 1 amide bonds. The lowest BCUT2D eigenvalue weighted by Crippen LogP contribution is -2.31. The summed E-state index contributed by atoms with van der Waals surface area (Å²) in [6.45, 7) is 1.36. The molecule has 1 saturated carbocycles. The fourth-order valence-electron chi connectivity index (χ4n) is 3.94. The van der Waals surface area contributed by atoms with Crippen LogP contribution >= 0.6 is 0 Å². The maximum Gasteiger partial charge on any atom is 0.251 e. The summed E-state index contributed by atoms with van der Waals surface area (Å²) < 4.78 is 5.56. The van der Waals surface area contributed by atoms with Gasteiger partial charge in [0.2, 0.25) is 5.95 Å². The van der Waals surface area contributed by atoms with Crippen molar-refractivity contribution >= 4 is 11.9 Å². The number of benzene rings is 1. The van der Waals surface area contributed by atoms with Gasteiger partial charge in [-0.2, -0.15) is 0 Å². The van der Waals surface area contributed by atoms with Gasteiger partial charge in [-0.3, -0.25) is 4.79 Å². The van der Waals surface area contributed by atoms with E-state index in [-0.39, 0.29) is 12.0 Å². The van der Waals surface area contributed by atoms with Crippen molar-refractivity contribution in [3.05, 3.63) is 42.2 Å². The fraction of sp³-hybridized carbons (Fsp3) is 0.500. The number of nitrogens with one attached hydrogen (secondary N) is 2. The topological polar surface area (TPSA) is 76.1 Å². The molecule has 2 aromatic rings. The Labute approximate surface area is 166 Å². The molecule has 148 valence electrons. The second-order valence-corrected chi connectivity index (χ2v) is 7.70. The number of hydrogen-bond acceptors (Lipinski definition) is 5. The van der Waals surface area contributed by atoms with Crippen LogP contribution in [0.1, 0.15) is 55.3 Å². The van der Waals surface area contributed by atoms with Crippen LogP contribution < -0.4 is 10.6 Å². The monoisotopic (exact) mass is 380 g/mol. The van der Waals surface area contributed by atoms with E-state index in [4.69, 9.17) is 4.74 Å². The van der Waals surface area contributed by atoms with Gasteiger partial charge in [-0.15, -0.1) is 0 Å². The van der Waals surface area contributed by atoms with E-state index in [1.807, 2.05) is 36.7 Å². The van der Waals surface area contributed by atoms with Crippen molar-refractivity contribution < 1.29 is 9.53 Å². The highest BCUT2D eigenvalue weighted by Crippen LogP contribution is 2.22. The standard InChI is InChI=1S/C22H28N4O2/c27-21(23-15-20-10-5-11-28-20)17-7-4-6-16(12-17)18-13-24-22(25-14-18)26-19-8-2-1-3-9-19/h4,6-7,12-14,19-20H,1-3,5,8-11,15H2,(H,23,27)(H,24,25,26). The maximum atomic E-state index is 12.5. The summed E-state index contributed by atoms with van der Waals surface area (Å²) in [5, 5.41) is 6.40. The van der Waals surface area contributed by atoms with Crippen LogP contribution in [-0.2, 0) is 4.74 Å². The molecule has 2 fully saturated rings. The van der Waals surface area contributed by atoms with Crippen molar-refractivity contribution in [2.75, 3.05) is 18.5 Å². The van der Waals surface area contributed by atoms with Crippen LogP contribution in [0.25, 0.3) is 11.1 Å². The Balaban J connectivity index is 1.38. The molecular formula is C22H28N4O2. The minimum Gasteiger partial charge on any atom is -0.376 e. The van der Waals surface area contributed by atoms with E-state index in [2.05, 4.69) is 20.6 Å². The van der Waals surface area contributed by atoms with E-state index in [1.54, 1.807) is 0 Å². The van der Waals surface area contributed by atoms with Crippen LogP contribution in [0, 0.1) is 0 Å². The molecule has 0 spiro atoms. The summed E-state index contributed by atoms with van der Waals surface area (Å²) in [6, 6.07) is 8.07. The third-order valence-electron chi connectivity index (χ3n) is 5.56. The molecule has 1 aromatic carbocycles. The lowest BCUT2D eigenvalue weighted by molar-refractivity contribution is 0.0858. The highest BCUT2D eigenvalue weighted by molar-refractivity contribution is 5.95. The normalized spacial score (nSPS) is 20.1. The van der Waals surface area contributed by atoms with E-state index in [9.17, 15) is 4.79 Å². The van der Waals surface area contributed by atoms with Crippen molar-refractivity contribution in [3.63, 3.8) is 0 Å². The molecular weight excluding hydrogens is 352 g/mol. The number of hydrogen-bond donors (Lipinski definition) is 2. The molecule has 1 saturated heterocycles. The molecule has 6 heteroatoms. The molecule has 1 aliphatic heterocycles. The van der Waals surface area contributed by atoms with Crippen LogP contribution in [0.2, 0.25) is 0 Å². The maximum absolute atomic E-state index is 12.5. The fourth-order valence-corrected chi connectivity index (χ4v) is 3.94. The summed E-state index contributed by atoms with van der Waals surface area (Å²) >= 11 is 0. The number of carbonyl (C=O) groups excluding carboxylic acids is 1. The van der Waals surface area contributed by atoms with Gasteiger partial charge in [-0.25, -0.2) is 9.97 Å². The molecule has 28 heavy (non-hydrogen) atoms. The third kappa shape index (κ3) is 4.87. The van der Waals surface area contributed by atoms with Crippen molar-refractivity contribution in [2.24, 2.45) is 0 Å². The highest BCUT2D eigenvalue weighted by atomic mass is 16.5. The van der Waals surface area contributed by atoms with Gasteiger partial charge in [-0.1, -0.05) is 31.4 Å². The molecule has 1 atom stereocenters. The Morgan fingerprint density at radius 3 is 2.61 bits per heavy atom. The third-order valence-corrected chi connectivity index (χ3v) is 5.56. The summed E-state index contributed by atoms with van der Waals surface area (Å²) in [5.41, 5.74) is 2.48. The minimum absolute atomic E-state index is 0.0751. The van der Waals surface area contributed by atoms with Gasteiger partial charge in [0.25, 0.3) is 5.91 Å². The summed E-state index contributed by atoms with van der Waals surface area (Å²) in [7, 11) is 0. The van der Waals surface area contributed by atoms with Gasteiger partial charge in [-0.05, 0) is 43.4 Å². The second kappa shape index (κ2) is 9.15. The Kier molecular flexibility index (Phi) is 6.17. The van der Waals surface area contributed by atoms with Gasteiger partial charge in [0.05, 0.1) is 6.10 Å². The first-order valence-electron chi connectivity index (χ1n) is 10.4. The number of amides is 1. The first-order valence-corrected chi connectivity index (χ1v) is 10.4. The van der Waals surface area contributed by atoms with Crippen molar-refractivity contribution in [1.82, 2.24) is 15.3 Å². The lowest BCUT2D eigenvalue weighted by atomic mass is 9.96. The summed E-state index contributed by atoms with van der Waals surface area (Å²) in [4.78, 5) is 21.4. The quantitative estimate of drug-likeness (QED) is 0.797. The lowest BCUT2D eigenvalue weighted by Gasteiger charge is -2.22. The van der Waals surface area contributed by atoms with Crippen molar-refractivity contribution in [2.45, 2.75) is 57.1 Å². The van der Waals surface area contributed by atoms with Crippen LogP contribution in [0.4, 0.5) is 5.95 Å². The molecule has 2 aliphatic rings. The minimum atomic E-state index is -0.0751. The van der Waals surface area contributed by atoms with Gasteiger partial charge in [0.15, 0.2) is 0 Å². The first-order chi connectivity index (χ1) is 13.8. The molecule has 1 aromatic heterocycles. The Bertz CT molecular complexity index is 781. The zero-order valence-electron chi connectivity index (χ0n) is 16.2. The number of ether oxygens (including phenoxy) is 1. The SMILES string of the molecule is O=C(NCC1CCCO1)c1cccc(-c2cnc(NC3CCCCC3)nc2)c1. The zero-order valence-corrected chi connectivity index (χ0v) is 16.2. The largest absolute Gasteiger partial charge is 0.376 e. The van der Waals surface area contributed by atoms with Gasteiger partial charge in [0.1, 0.15) is 0 Å². The summed E-state index contributed by atoms with van der Waals surface area (Å²) in [5.74, 6) is 0.606. The number of nitrogens with zero attached hydrogens (tertiary/aromatic N) is 2. The molecule has 0 radical (unpaired) electrons. The zero-order chi connectivity index (χ0) is 19.2. The molecule has 6 nitrogen and oxygen atoms in total. The van der Waals surface area contributed by atoms with E-state index in [0.717, 1.165) is 30.6 Å². The average molecular weight is 380 g/mol. The molecule has 2 heterocycles. The van der Waals surface area contributed by atoms with Crippen LogP contribution in [0.3, 0.4) is 0 Å². The van der Waals surface area contributed by atoms with Gasteiger partial charge >= 0.3 is 0 Å². The van der Waals surface area contributed by atoms with Gasteiger partial charge < -0.3 is 15.4 Å². The predicted octanol–water partition coefficient (Wildman–Crippen LogP) is 3.80. The molecule has 4 rings (SSSR count). The van der Waals surface area contributed by atoms with Crippen molar-refractivity contribution in [3.8, 4) is 11.1 Å². The van der Waals surface area contributed by atoms with Crippen LogP contribution in [0.15, 0.2) is 36.7 Å². The predicted molar refractivity (Wildman–Crippen MR) is 109 cm³/mol. The number of rotatable bonds is 6. The van der Waals surface area contributed by atoms with Crippen LogP contribution in [0.5, 0.6) is 0 Å². The number of aromatic nitrogens is 2. The second-order valence-electron chi connectivity index (χ2n) is 7.70. The molecule has 2 N–H and O–H groups in total. The molecule has 0 bridgehead atoms. The Morgan fingerprint density at radius 2 is 1.86 bits per heavy atom. The number of anilines is 1. The van der Waals surface area contributed by atoms with Crippen LogP contribution in [-0.4, -0.2) is 41.2 Å². The number of carbonyl (C=O) groups is 1. The summed E-state index contributed by atoms with van der Waals surface area (Å²) in [6.07, 6.45) is 12.1. The highest BCUT2D eigenvalue weighted by Gasteiger charge is 2.17. The van der Waals surface area contributed by atoms with Gasteiger partial charge in [0, 0.05) is 42.7 Å². The molecule has 1 aliphatic carbocycles. The average Bonchev–Trinajstić information content (AvgIpc) is 3.27. The Morgan fingerprint density at radius 1 is 1.04 bits per heavy atom. The smallest absolute Gasteiger partial charge is 0.251 e. The van der Waals surface area contributed by atoms with Crippen molar-refractivity contribution in [1.29, 1.82) is 0 Å². The van der Waals surface area contributed by atoms with E-state index >= 15 is 0 Å². The Hall–Kier alpha value is -2.47. The first kappa shape index (κ1) is 18.9. The van der Waals surface area contributed by atoms with E-state index in [0.29, 0.717) is 24.1 Å². The van der Waals surface area contributed by atoms with E-state index < -0.39 is 0 Å². The van der Waals surface area contributed by atoms with E-state index in [1.165, 1.54) is 32.1 Å².